The molecule has 4 heteroatoms. The van der Waals surface area contributed by atoms with Crippen molar-refractivity contribution < 1.29 is 4.79 Å². The van der Waals surface area contributed by atoms with Gasteiger partial charge in [0.2, 0.25) is 0 Å². The topological polar surface area (TPSA) is 30.0 Å². The second kappa shape index (κ2) is 8.81. The van der Waals surface area contributed by atoms with Crippen molar-refractivity contribution in [3.63, 3.8) is 0 Å². The molecule has 0 aromatic carbocycles. The fourth-order valence-electron chi connectivity index (χ4n) is 1.80. The number of halogens is 2. The monoisotopic (exact) mass is 375 g/mol. The van der Waals surface area contributed by atoms with Crippen molar-refractivity contribution in [2.75, 3.05) is 0 Å². The molecule has 0 bridgehead atoms. The highest BCUT2D eigenvalue weighted by molar-refractivity contribution is 9.11. The smallest absolute Gasteiger partial charge is 0.182 e. The van der Waals surface area contributed by atoms with Crippen LogP contribution in [0.25, 0.3) is 0 Å². The summed E-state index contributed by atoms with van der Waals surface area (Å²) in [6.45, 7) is 2.21. The van der Waals surface area contributed by atoms with Crippen molar-refractivity contribution in [3.8, 4) is 0 Å². The Morgan fingerprint density at radius 2 is 1.83 bits per heavy atom. The summed E-state index contributed by atoms with van der Waals surface area (Å²) in [4.78, 5) is 16.1. The number of nitrogens with zero attached hydrogens (tertiary/aromatic N) is 1. The van der Waals surface area contributed by atoms with E-state index in [0.717, 1.165) is 21.8 Å². The van der Waals surface area contributed by atoms with E-state index in [1.54, 1.807) is 6.20 Å². The van der Waals surface area contributed by atoms with Crippen LogP contribution in [-0.2, 0) is 0 Å². The highest BCUT2D eigenvalue weighted by Crippen LogP contribution is 2.21. The Bertz CT molecular complexity index is 393. The Balaban J connectivity index is 2.32. The first-order valence-electron chi connectivity index (χ1n) is 6.49. The predicted octanol–water partition coefficient (Wildman–Crippen LogP) is 5.54. The first-order chi connectivity index (χ1) is 8.65. The lowest BCUT2D eigenvalue weighted by atomic mass is 10.1. The first-order valence-corrected chi connectivity index (χ1v) is 8.08. The maximum absolute atomic E-state index is 12.0. The lowest BCUT2D eigenvalue weighted by Crippen LogP contribution is -2.03. The number of carbonyl (C=O) groups excluding carboxylic acids is 1. The molecule has 0 saturated heterocycles. The molecular formula is C14H19Br2NO. The van der Waals surface area contributed by atoms with E-state index < -0.39 is 0 Å². The van der Waals surface area contributed by atoms with Crippen LogP contribution in [0.15, 0.2) is 21.2 Å². The molecular weight excluding hydrogens is 358 g/mol. The second-order valence-corrected chi connectivity index (χ2v) is 6.19. The Labute approximate surface area is 126 Å². The molecule has 0 spiro atoms. The van der Waals surface area contributed by atoms with E-state index in [0.29, 0.717) is 12.1 Å². The Hall–Kier alpha value is -0.220. The zero-order valence-electron chi connectivity index (χ0n) is 10.7. The van der Waals surface area contributed by atoms with Gasteiger partial charge in [0.25, 0.3) is 0 Å². The summed E-state index contributed by atoms with van der Waals surface area (Å²) in [5.74, 6) is 0.130. The van der Waals surface area contributed by atoms with Gasteiger partial charge in [0.15, 0.2) is 5.78 Å². The standard InChI is InChI=1S/C14H19Br2NO/c1-2-3-4-5-6-7-8-13(18)14-12(16)9-11(15)10-17-14/h9-10H,2-8H2,1H3. The Morgan fingerprint density at radius 1 is 1.17 bits per heavy atom. The molecule has 100 valence electrons. The van der Waals surface area contributed by atoms with Crippen LogP contribution in [0.5, 0.6) is 0 Å². The molecule has 0 aliphatic rings. The fraction of sp³-hybridized carbons (Fsp3) is 0.571. The summed E-state index contributed by atoms with van der Waals surface area (Å²) in [5, 5.41) is 0. The van der Waals surface area contributed by atoms with Crippen LogP contribution >= 0.6 is 31.9 Å². The third-order valence-electron chi connectivity index (χ3n) is 2.83. The minimum absolute atomic E-state index is 0.130. The van der Waals surface area contributed by atoms with Gasteiger partial charge in [-0.3, -0.25) is 9.78 Å². The summed E-state index contributed by atoms with van der Waals surface area (Å²) in [5.41, 5.74) is 0.548. The second-order valence-electron chi connectivity index (χ2n) is 4.42. The van der Waals surface area contributed by atoms with Gasteiger partial charge >= 0.3 is 0 Å². The number of hydrogen-bond acceptors (Lipinski definition) is 2. The molecule has 0 atom stereocenters. The lowest BCUT2D eigenvalue weighted by molar-refractivity contribution is 0.0973. The van der Waals surface area contributed by atoms with E-state index in [-0.39, 0.29) is 5.78 Å². The van der Waals surface area contributed by atoms with Crippen molar-refractivity contribution >= 4 is 37.6 Å². The molecule has 0 saturated carbocycles. The Kier molecular flexibility index (Phi) is 7.75. The molecule has 1 aromatic rings. The molecule has 1 rings (SSSR count). The van der Waals surface area contributed by atoms with Crippen molar-refractivity contribution in [1.29, 1.82) is 0 Å². The van der Waals surface area contributed by atoms with Crippen LogP contribution < -0.4 is 0 Å². The van der Waals surface area contributed by atoms with Gasteiger partial charge in [0, 0.05) is 21.6 Å². The summed E-state index contributed by atoms with van der Waals surface area (Å²) >= 11 is 6.71. The average molecular weight is 377 g/mol. The molecule has 1 aromatic heterocycles. The molecule has 0 unspecified atom stereocenters. The zero-order chi connectivity index (χ0) is 13.4. The maximum Gasteiger partial charge on any atom is 0.182 e. The van der Waals surface area contributed by atoms with E-state index in [4.69, 9.17) is 0 Å². The molecule has 1 heterocycles. The summed E-state index contributed by atoms with van der Waals surface area (Å²) < 4.78 is 1.65. The highest BCUT2D eigenvalue weighted by atomic mass is 79.9. The van der Waals surface area contributed by atoms with Gasteiger partial charge in [0.05, 0.1) is 0 Å². The highest BCUT2D eigenvalue weighted by Gasteiger charge is 2.11. The summed E-state index contributed by atoms with van der Waals surface area (Å²) in [6.07, 6.45) is 9.44. The normalized spacial score (nSPS) is 10.6. The fourth-order valence-corrected chi connectivity index (χ4v) is 3.01. The first kappa shape index (κ1) is 15.8. The van der Waals surface area contributed by atoms with E-state index in [9.17, 15) is 4.79 Å². The maximum atomic E-state index is 12.0. The van der Waals surface area contributed by atoms with Gasteiger partial charge in [-0.15, -0.1) is 0 Å². The van der Waals surface area contributed by atoms with Crippen molar-refractivity contribution in [2.24, 2.45) is 0 Å². The van der Waals surface area contributed by atoms with Gasteiger partial charge in [-0.05, 0) is 44.3 Å². The molecule has 2 nitrogen and oxygen atoms in total. The molecule has 0 aliphatic carbocycles. The number of Topliss-reactive ketones (excluding diaryl/α,β-unsaturated/α-hetero) is 1. The van der Waals surface area contributed by atoms with Gasteiger partial charge in [-0.2, -0.15) is 0 Å². The van der Waals surface area contributed by atoms with Crippen LogP contribution in [-0.4, -0.2) is 10.8 Å². The number of ketones is 1. The van der Waals surface area contributed by atoms with Crippen LogP contribution in [0.4, 0.5) is 0 Å². The predicted molar refractivity (Wildman–Crippen MR) is 82.0 cm³/mol. The number of unbranched alkanes of at least 4 members (excludes halogenated alkanes) is 5. The van der Waals surface area contributed by atoms with E-state index in [1.165, 1.54) is 25.7 Å². The Morgan fingerprint density at radius 3 is 2.50 bits per heavy atom. The molecule has 0 fully saturated rings. The van der Waals surface area contributed by atoms with Crippen LogP contribution in [0, 0.1) is 0 Å². The molecule has 0 N–H and O–H groups in total. The van der Waals surface area contributed by atoms with E-state index in [2.05, 4.69) is 43.8 Å². The zero-order valence-corrected chi connectivity index (χ0v) is 13.9. The van der Waals surface area contributed by atoms with Crippen molar-refractivity contribution in [2.45, 2.75) is 51.9 Å². The molecule has 0 radical (unpaired) electrons. The average Bonchev–Trinajstić information content (AvgIpc) is 2.33. The van der Waals surface area contributed by atoms with E-state index >= 15 is 0 Å². The van der Waals surface area contributed by atoms with Crippen molar-refractivity contribution in [3.05, 3.63) is 26.9 Å². The molecule has 0 amide bonds. The lowest BCUT2D eigenvalue weighted by Gasteiger charge is -2.03. The molecule has 0 aliphatic heterocycles. The van der Waals surface area contributed by atoms with Gasteiger partial charge < -0.3 is 0 Å². The number of pyridine rings is 1. The summed E-state index contributed by atoms with van der Waals surface area (Å²) in [6, 6.07) is 1.86. The summed E-state index contributed by atoms with van der Waals surface area (Å²) in [7, 11) is 0. The number of rotatable bonds is 8. The van der Waals surface area contributed by atoms with Gasteiger partial charge in [-0.1, -0.05) is 39.0 Å². The third-order valence-corrected chi connectivity index (χ3v) is 3.87. The largest absolute Gasteiger partial charge is 0.292 e. The minimum atomic E-state index is 0.130. The van der Waals surface area contributed by atoms with Crippen LogP contribution in [0.3, 0.4) is 0 Å². The number of carbonyl (C=O) groups is 1. The SMILES string of the molecule is CCCCCCCCC(=O)c1ncc(Br)cc1Br. The van der Waals surface area contributed by atoms with Crippen LogP contribution in [0.1, 0.15) is 62.4 Å². The minimum Gasteiger partial charge on any atom is -0.292 e. The third kappa shape index (κ3) is 5.61. The number of aromatic nitrogens is 1. The van der Waals surface area contributed by atoms with Gasteiger partial charge in [-0.25, -0.2) is 0 Å². The quantitative estimate of drug-likeness (QED) is 0.440. The molecule has 18 heavy (non-hydrogen) atoms. The van der Waals surface area contributed by atoms with E-state index in [1.807, 2.05) is 6.07 Å². The number of hydrogen-bond donors (Lipinski definition) is 0. The van der Waals surface area contributed by atoms with Gasteiger partial charge in [0.1, 0.15) is 5.69 Å². The van der Waals surface area contributed by atoms with Crippen molar-refractivity contribution in [1.82, 2.24) is 4.98 Å². The van der Waals surface area contributed by atoms with Crippen LogP contribution in [0.2, 0.25) is 0 Å².